The van der Waals surface area contributed by atoms with Gasteiger partial charge in [-0.15, -0.1) is 19.7 Å². The first kappa shape index (κ1) is 17.6. The van der Waals surface area contributed by atoms with Crippen LogP contribution in [0.1, 0.15) is 29.9 Å². The summed E-state index contributed by atoms with van der Waals surface area (Å²) in [5.74, 6) is 0.665. The van der Waals surface area contributed by atoms with Crippen molar-refractivity contribution < 1.29 is 0 Å². The van der Waals surface area contributed by atoms with Crippen LogP contribution in [-0.2, 0) is 6.42 Å². The number of H-pyrrole nitrogens is 1. The van der Waals surface area contributed by atoms with Crippen molar-refractivity contribution in [2.75, 3.05) is 6.54 Å². The summed E-state index contributed by atoms with van der Waals surface area (Å²) in [6, 6.07) is 10.7. The van der Waals surface area contributed by atoms with E-state index >= 15 is 0 Å². The molecule has 0 bridgehead atoms. The normalized spacial score (nSPS) is 22.0. The fraction of sp³-hybridized carbons (Fsp3) is 0.391. The van der Waals surface area contributed by atoms with E-state index < -0.39 is 8.07 Å². The Morgan fingerprint density at radius 1 is 1.08 bits per heavy atom. The molecule has 136 valence electrons. The average Bonchev–Trinajstić information content (AvgIpc) is 3.03. The van der Waals surface area contributed by atoms with Crippen molar-refractivity contribution in [1.82, 2.24) is 10.3 Å². The SMILES string of the molecule is C=CC[Si](CC=C)(CC=C)c1[nH]c2cccc3c2c1C[C@H]1NCCCC31. The average molecular weight is 363 g/mol. The van der Waals surface area contributed by atoms with Gasteiger partial charge < -0.3 is 10.3 Å². The largest absolute Gasteiger partial charge is 0.362 e. The molecule has 4 rings (SSSR count). The summed E-state index contributed by atoms with van der Waals surface area (Å²) in [6.45, 7) is 13.4. The number of benzene rings is 1. The summed E-state index contributed by atoms with van der Waals surface area (Å²) in [5.41, 5.74) is 4.45. The van der Waals surface area contributed by atoms with Crippen LogP contribution in [0, 0.1) is 0 Å². The fourth-order valence-electron chi connectivity index (χ4n) is 5.46. The minimum atomic E-state index is -1.80. The van der Waals surface area contributed by atoms with Crippen molar-refractivity contribution >= 4 is 24.3 Å². The zero-order chi connectivity index (χ0) is 18.1. The molecule has 1 unspecified atom stereocenters. The zero-order valence-corrected chi connectivity index (χ0v) is 16.7. The fourth-order valence-corrected chi connectivity index (χ4v) is 9.49. The molecule has 0 saturated carbocycles. The number of aromatic nitrogens is 1. The minimum absolute atomic E-state index is 0.583. The Morgan fingerprint density at radius 2 is 1.81 bits per heavy atom. The summed E-state index contributed by atoms with van der Waals surface area (Å²) in [4.78, 5) is 3.89. The van der Waals surface area contributed by atoms with Crippen LogP contribution in [0.4, 0.5) is 0 Å². The summed E-state index contributed by atoms with van der Waals surface area (Å²) in [7, 11) is -1.80. The predicted molar refractivity (Wildman–Crippen MR) is 116 cm³/mol. The third-order valence-electron chi connectivity index (χ3n) is 6.50. The van der Waals surface area contributed by atoms with E-state index in [2.05, 4.69) is 66.5 Å². The third kappa shape index (κ3) is 2.65. The Balaban J connectivity index is 1.94. The van der Waals surface area contributed by atoms with Gasteiger partial charge in [-0.1, -0.05) is 30.4 Å². The maximum atomic E-state index is 4.08. The lowest BCUT2D eigenvalue weighted by molar-refractivity contribution is 0.346. The van der Waals surface area contributed by atoms with Crippen LogP contribution in [0.25, 0.3) is 10.9 Å². The summed E-state index contributed by atoms with van der Waals surface area (Å²) >= 11 is 0. The maximum absolute atomic E-state index is 4.08. The molecule has 2 N–H and O–H groups in total. The van der Waals surface area contributed by atoms with Crippen molar-refractivity contribution in [2.24, 2.45) is 0 Å². The topological polar surface area (TPSA) is 27.8 Å². The van der Waals surface area contributed by atoms with Gasteiger partial charge in [-0.25, -0.2) is 0 Å². The Hall–Kier alpha value is -1.84. The van der Waals surface area contributed by atoms with Gasteiger partial charge in [0.2, 0.25) is 0 Å². The van der Waals surface area contributed by atoms with Gasteiger partial charge in [-0.3, -0.25) is 0 Å². The highest BCUT2D eigenvalue weighted by molar-refractivity contribution is 6.92. The lowest BCUT2D eigenvalue weighted by Gasteiger charge is -2.38. The number of rotatable bonds is 7. The maximum Gasteiger partial charge on any atom is 0.119 e. The molecule has 2 heterocycles. The van der Waals surface area contributed by atoms with E-state index in [-0.39, 0.29) is 0 Å². The first-order chi connectivity index (χ1) is 12.7. The molecule has 2 aliphatic rings. The highest BCUT2D eigenvalue weighted by atomic mass is 28.3. The van der Waals surface area contributed by atoms with E-state index in [4.69, 9.17) is 0 Å². The van der Waals surface area contributed by atoms with Gasteiger partial charge >= 0.3 is 0 Å². The van der Waals surface area contributed by atoms with Gasteiger partial charge in [0.05, 0.1) is 0 Å². The van der Waals surface area contributed by atoms with Crippen LogP contribution in [-0.4, -0.2) is 25.6 Å². The standard InChI is InChI=1S/C23H30N2Si/c1-4-13-26(14-5-2,15-6-3)23-19-16-21-17(10-8-12-24-21)18-9-7-11-20(25-23)22(18)19/h4-7,9,11,17,21,24-25H,1-3,8,10,12-16H2/t17?,21-/m1/s1. The van der Waals surface area contributed by atoms with Crippen LogP contribution in [0.2, 0.25) is 18.1 Å². The molecule has 0 radical (unpaired) electrons. The van der Waals surface area contributed by atoms with Crippen LogP contribution >= 0.6 is 0 Å². The summed E-state index contributed by atoms with van der Waals surface area (Å²) in [5, 5.41) is 6.84. The first-order valence-corrected chi connectivity index (χ1v) is 12.6. The molecule has 2 atom stereocenters. The number of hydrogen-bond acceptors (Lipinski definition) is 1. The van der Waals surface area contributed by atoms with Gasteiger partial charge in [0.1, 0.15) is 8.07 Å². The molecule has 3 heteroatoms. The molecule has 1 aromatic carbocycles. The molecule has 1 fully saturated rings. The summed E-state index contributed by atoms with van der Waals surface area (Å²) < 4.78 is 0. The molecule has 0 amide bonds. The zero-order valence-electron chi connectivity index (χ0n) is 15.7. The molecule has 0 spiro atoms. The van der Waals surface area contributed by atoms with Gasteiger partial charge in [-0.2, -0.15) is 0 Å². The molecule has 1 aliphatic carbocycles. The molecule has 26 heavy (non-hydrogen) atoms. The smallest absolute Gasteiger partial charge is 0.119 e. The van der Waals surface area contributed by atoms with Crippen molar-refractivity contribution in [3.05, 3.63) is 67.3 Å². The van der Waals surface area contributed by atoms with E-state index in [1.807, 2.05) is 0 Å². The molecule has 1 aromatic heterocycles. The molecule has 1 saturated heterocycles. The lowest BCUT2D eigenvalue weighted by atomic mass is 9.76. The minimum Gasteiger partial charge on any atom is -0.362 e. The van der Waals surface area contributed by atoms with Crippen LogP contribution in [0.15, 0.2) is 56.2 Å². The quantitative estimate of drug-likeness (QED) is 0.539. The number of hydrogen-bond donors (Lipinski definition) is 2. The second kappa shape index (κ2) is 7.05. The van der Waals surface area contributed by atoms with Crippen molar-refractivity contribution in [2.45, 2.75) is 49.4 Å². The first-order valence-electron chi connectivity index (χ1n) is 9.94. The van der Waals surface area contributed by atoms with Gasteiger partial charge in [-0.05, 0) is 61.1 Å². The second-order valence-electron chi connectivity index (χ2n) is 8.02. The van der Waals surface area contributed by atoms with Gasteiger partial charge in [0.15, 0.2) is 0 Å². The highest BCUT2D eigenvalue weighted by Crippen LogP contribution is 2.41. The van der Waals surface area contributed by atoms with Gasteiger partial charge in [0.25, 0.3) is 0 Å². The van der Waals surface area contributed by atoms with Crippen LogP contribution in [0.3, 0.4) is 0 Å². The Bertz CT molecular complexity index is 821. The third-order valence-corrected chi connectivity index (χ3v) is 11.2. The number of nitrogens with one attached hydrogen (secondary N) is 2. The van der Waals surface area contributed by atoms with E-state index in [1.54, 1.807) is 11.1 Å². The number of aromatic amines is 1. The molecule has 2 nitrogen and oxygen atoms in total. The number of allylic oxidation sites excluding steroid dienone is 3. The monoisotopic (exact) mass is 362 g/mol. The second-order valence-corrected chi connectivity index (χ2v) is 12.3. The number of piperidine rings is 1. The molecule has 1 aliphatic heterocycles. The molecular formula is C23H30N2Si. The number of fused-ring (bicyclic) bond motifs is 2. The van der Waals surface area contributed by atoms with E-state index in [0.29, 0.717) is 12.0 Å². The Kier molecular flexibility index (Phi) is 4.76. The van der Waals surface area contributed by atoms with Crippen molar-refractivity contribution in [3.63, 3.8) is 0 Å². The highest BCUT2D eigenvalue weighted by Gasteiger charge is 2.40. The van der Waals surface area contributed by atoms with Crippen molar-refractivity contribution in [1.29, 1.82) is 0 Å². The summed E-state index contributed by atoms with van der Waals surface area (Å²) in [6.07, 6.45) is 10.1. The van der Waals surface area contributed by atoms with Crippen LogP contribution in [0.5, 0.6) is 0 Å². The van der Waals surface area contributed by atoms with E-state index in [0.717, 1.165) is 31.1 Å². The Morgan fingerprint density at radius 3 is 2.50 bits per heavy atom. The van der Waals surface area contributed by atoms with E-state index in [1.165, 1.54) is 29.1 Å². The molecule has 2 aromatic rings. The van der Waals surface area contributed by atoms with Crippen molar-refractivity contribution in [3.8, 4) is 0 Å². The van der Waals surface area contributed by atoms with Crippen LogP contribution < -0.4 is 10.6 Å². The predicted octanol–water partition coefficient (Wildman–Crippen LogP) is 4.77. The van der Waals surface area contributed by atoms with E-state index in [9.17, 15) is 0 Å². The Labute approximate surface area is 158 Å². The lowest BCUT2D eigenvalue weighted by Crippen LogP contribution is -2.51. The molecular weight excluding hydrogens is 332 g/mol. The van der Waals surface area contributed by atoms with Gasteiger partial charge in [0, 0.05) is 28.2 Å².